The fourth-order valence-electron chi connectivity index (χ4n) is 3.11. The maximum Gasteiger partial charge on any atom is 0.323 e. The average Bonchev–Trinajstić information content (AvgIpc) is 2.67. The molecule has 0 spiro atoms. The van der Waals surface area contributed by atoms with Crippen LogP contribution in [0.1, 0.15) is 11.1 Å². The Hall–Kier alpha value is -2.87. The summed E-state index contributed by atoms with van der Waals surface area (Å²) in [5, 5.41) is 2.21. The zero-order valence-corrected chi connectivity index (χ0v) is 14.5. The minimum absolute atomic E-state index is 0.244. The first-order valence-electron chi connectivity index (χ1n) is 8.22. The van der Waals surface area contributed by atoms with Crippen LogP contribution in [0, 0.1) is 17.5 Å². The molecule has 142 valence electrons. The third kappa shape index (κ3) is 3.95. The summed E-state index contributed by atoms with van der Waals surface area (Å²) < 4.78 is 44.9. The van der Waals surface area contributed by atoms with Crippen LogP contribution in [-0.2, 0) is 27.3 Å². The molecule has 0 aromatic heterocycles. The number of methoxy groups -OCH3 is 1. The van der Waals surface area contributed by atoms with E-state index >= 15 is 0 Å². The Balaban J connectivity index is 1.77. The van der Waals surface area contributed by atoms with Gasteiger partial charge in [0.15, 0.2) is 17.5 Å². The molecule has 3 rings (SSSR count). The van der Waals surface area contributed by atoms with E-state index in [0.717, 1.165) is 23.3 Å². The molecule has 1 atom stereocenters. The highest BCUT2D eigenvalue weighted by molar-refractivity contribution is 5.93. The van der Waals surface area contributed by atoms with Gasteiger partial charge in [-0.25, -0.2) is 13.2 Å². The first kappa shape index (κ1) is 18.9. The van der Waals surface area contributed by atoms with Crippen molar-refractivity contribution in [1.82, 2.24) is 4.90 Å². The Morgan fingerprint density at radius 2 is 1.81 bits per heavy atom. The van der Waals surface area contributed by atoms with E-state index in [2.05, 4.69) is 5.32 Å². The molecule has 0 aliphatic carbocycles. The zero-order valence-electron chi connectivity index (χ0n) is 14.5. The number of carbonyl (C=O) groups excluding carboxylic acids is 2. The van der Waals surface area contributed by atoms with E-state index in [1.807, 2.05) is 24.3 Å². The van der Waals surface area contributed by atoms with E-state index in [-0.39, 0.29) is 6.54 Å². The molecule has 1 amide bonds. The fraction of sp³-hybridized carbons (Fsp3) is 0.263. The molecule has 0 saturated heterocycles. The van der Waals surface area contributed by atoms with Gasteiger partial charge in [-0.05, 0) is 29.7 Å². The number of halogens is 3. The first-order valence-corrected chi connectivity index (χ1v) is 8.22. The fourth-order valence-corrected chi connectivity index (χ4v) is 3.11. The van der Waals surface area contributed by atoms with Gasteiger partial charge in [0.05, 0.1) is 19.3 Å². The van der Waals surface area contributed by atoms with E-state index < -0.39 is 41.1 Å². The maximum atomic E-state index is 13.7. The topological polar surface area (TPSA) is 58.6 Å². The minimum atomic E-state index is -1.66. The second-order valence-corrected chi connectivity index (χ2v) is 6.19. The van der Waals surface area contributed by atoms with Crippen molar-refractivity contribution in [2.45, 2.75) is 19.0 Å². The van der Waals surface area contributed by atoms with Gasteiger partial charge in [0.25, 0.3) is 0 Å². The zero-order chi connectivity index (χ0) is 19.6. The number of hydrogen-bond donors (Lipinski definition) is 1. The number of anilines is 1. The Bertz CT molecular complexity index is 888. The van der Waals surface area contributed by atoms with Crippen LogP contribution in [0.15, 0.2) is 36.4 Å². The van der Waals surface area contributed by atoms with Gasteiger partial charge in [-0.3, -0.25) is 14.5 Å². The molecule has 8 heteroatoms. The molecule has 0 saturated carbocycles. The number of hydrogen-bond acceptors (Lipinski definition) is 4. The number of rotatable bonds is 4. The summed E-state index contributed by atoms with van der Waals surface area (Å²) in [4.78, 5) is 26.0. The second kappa shape index (κ2) is 7.79. The quantitative estimate of drug-likeness (QED) is 0.657. The van der Waals surface area contributed by atoms with Gasteiger partial charge in [-0.1, -0.05) is 24.3 Å². The summed E-state index contributed by atoms with van der Waals surface area (Å²) in [6.07, 6.45) is 0.371. The largest absolute Gasteiger partial charge is 0.468 e. The number of ether oxygens (including phenoxy) is 1. The number of nitrogens with zero attached hydrogens (tertiary/aromatic N) is 1. The van der Waals surface area contributed by atoms with Gasteiger partial charge in [0.1, 0.15) is 6.04 Å². The van der Waals surface area contributed by atoms with E-state index in [1.54, 1.807) is 4.90 Å². The molecule has 0 radical (unpaired) electrons. The van der Waals surface area contributed by atoms with E-state index in [1.165, 1.54) is 7.11 Å². The Morgan fingerprint density at radius 3 is 2.52 bits per heavy atom. The molecular weight excluding hydrogens is 361 g/mol. The lowest BCUT2D eigenvalue weighted by Crippen LogP contribution is -2.49. The number of fused-ring (bicyclic) bond motifs is 1. The Labute approximate surface area is 153 Å². The maximum absolute atomic E-state index is 13.7. The van der Waals surface area contributed by atoms with Crippen molar-refractivity contribution in [3.8, 4) is 0 Å². The molecule has 1 aliphatic rings. The lowest BCUT2D eigenvalue weighted by atomic mass is 9.94. The monoisotopic (exact) mass is 378 g/mol. The molecule has 2 aromatic carbocycles. The molecule has 5 nitrogen and oxygen atoms in total. The summed E-state index contributed by atoms with van der Waals surface area (Å²) in [6.45, 7) is 0.0795. The number of esters is 1. The summed E-state index contributed by atoms with van der Waals surface area (Å²) in [6, 6.07) is 8.50. The van der Waals surface area contributed by atoms with Gasteiger partial charge in [0.2, 0.25) is 5.91 Å². The molecule has 27 heavy (non-hydrogen) atoms. The Kier molecular flexibility index (Phi) is 5.46. The van der Waals surface area contributed by atoms with Crippen molar-refractivity contribution in [3.63, 3.8) is 0 Å². The van der Waals surface area contributed by atoms with E-state index in [4.69, 9.17) is 4.74 Å². The summed E-state index contributed by atoms with van der Waals surface area (Å²) >= 11 is 0. The van der Waals surface area contributed by atoms with Crippen LogP contribution in [0.5, 0.6) is 0 Å². The van der Waals surface area contributed by atoms with Gasteiger partial charge >= 0.3 is 5.97 Å². The van der Waals surface area contributed by atoms with Gasteiger partial charge in [-0.2, -0.15) is 0 Å². The second-order valence-electron chi connectivity index (χ2n) is 6.19. The highest BCUT2D eigenvalue weighted by atomic mass is 19.2. The third-order valence-corrected chi connectivity index (χ3v) is 4.48. The van der Waals surface area contributed by atoms with Crippen LogP contribution in [-0.4, -0.2) is 36.5 Å². The lowest BCUT2D eigenvalue weighted by Gasteiger charge is -2.34. The first-order chi connectivity index (χ1) is 12.9. The Morgan fingerprint density at radius 1 is 1.11 bits per heavy atom. The lowest BCUT2D eigenvalue weighted by molar-refractivity contribution is -0.148. The van der Waals surface area contributed by atoms with Crippen LogP contribution in [0.3, 0.4) is 0 Å². The van der Waals surface area contributed by atoms with Gasteiger partial charge < -0.3 is 10.1 Å². The predicted molar refractivity (Wildman–Crippen MR) is 91.3 cm³/mol. The number of amides is 1. The highest BCUT2D eigenvalue weighted by Gasteiger charge is 2.33. The van der Waals surface area contributed by atoms with Crippen molar-refractivity contribution in [2.75, 3.05) is 19.0 Å². The molecule has 1 heterocycles. The number of nitrogens with one attached hydrogen (secondary N) is 1. The molecule has 2 aromatic rings. The highest BCUT2D eigenvalue weighted by Crippen LogP contribution is 2.24. The van der Waals surface area contributed by atoms with E-state index in [9.17, 15) is 22.8 Å². The predicted octanol–water partition coefficient (Wildman–Crippen LogP) is 2.64. The molecule has 0 fully saturated rings. The molecule has 1 aliphatic heterocycles. The molecule has 1 N–H and O–H groups in total. The standard InChI is InChI=1S/C19H17F3N2O3/c1-27-19(26)15-8-11-4-2-3-5-12(11)9-24(15)10-16(25)23-14-7-6-13(20)17(21)18(14)22/h2-7,15H,8-10H2,1H3,(H,23,25)/t15-/m1/s1. The van der Waals surface area contributed by atoms with Gasteiger partial charge in [-0.15, -0.1) is 0 Å². The SMILES string of the molecule is COC(=O)[C@H]1Cc2ccccc2CN1CC(=O)Nc1ccc(F)c(F)c1F. The van der Waals surface area contributed by atoms with Crippen molar-refractivity contribution < 1.29 is 27.5 Å². The smallest absolute Gasteiger partial charge is 0.323 e. The number of carbonyl (C=O) groups is 2. The summed E-state index contributed by atoms with van der Waals surface area (Å²) in [7, 11) is 1.26. The van der Waals surface area contributed by atoms with Crippen LogP contribution in [0.4, 0.5) is 18.9 Å². The van der Waals surface area contributed by atoms with Gasteiger partial charge in [0, 0.05) is 6.54 Å². The van der Waals surface area contributed by atoms with Crippen molar-refractivity contribution >= 4 is 17.6 Å². The average molecular weight is 378 g/mol. The minimum Gasteiger partial charge on any atom is -0.468 e. The van der Waals surface area contributed by atoms with Crippen LogP contribution < -0.4 is 5.32 Å². The summed E-state index contributed by atoms with van der Waals surface area (Å²) in [5.41, 5.74) is 1.48. The van der Waals surface area contributed by atoms with Crippen LogP contribution >= 0.6 is 0 Å². The normalized spacial score (nSPS) is 16.5. The van der Waals surface area contributed by atoms with E-state index in [0.29, 0.717) is 13.0 Å². The van der Waals surface area contributed by atoms with Crippen molar-refractivity contribution in [1.29, 1.82) is 0 Å². The molecule has 0 unspecified atom stereocenters. The molecule has 0 bridgehead atoms. The van der Waals surface area contributed by atoms with Crippen LogP contribution in [0.25, 0.3) is 0 Å². The number of benzene rings is 2. The third-order valence-electron chi connectivity index (χ3n) is 4.48. The van der Waals surface area contributed by atoms with Crippen molar-refractivity contribution in [2.24, 2.45) is 0 Å². The summed E-state index contributed by atoms with van der Waals surface area (Å²) in [5.74, 6) is -5.63. The van der Waals surface area contributed by atoms with Crippen molar-refractivity contribution in [3.05, 3.63) is 65.0 Å². The van der Waals surface area contributed by atoms with Crippen LogP contribution in [0.2, 0.25) is 0 Å². The molecular formula is C19H17F3N2O3.